The van der Waals surface area contributed by atoms with Gasteiger partial charge in [-0.2, -0.15) is 0 Å². The Hall–Kier alpha value is -2.78. The molecule has 10 heteroatoms. The number of methoxy groups -OCH3 is 1. The van der Waals surface area contributed by atoms with E-state index in [1.807, 2.05) is 45.0 Å². The quantitative estimate of drug-likeness (QED) is 0.484. The molecule has 1 N–H and O–H groups in total. The minimum Gasteiger partial charge on any atom is -0.495 e. The second-order valence-corrected chi connectivity index (χ2v) is 10.8. The summed E-state index contributed by atoms with van der Waals surface area (Å²) in [4.78, 5) is 27.9. The van der Waals surface area contributed by atoms with Gasteiger partial charge in [0.2, 0.25) is 21.8 Å². The van der Waals surface area contributed by atoms with E-state index in [1.54, 1.807) is 6.92 Å². The molecular weight excluding hydrogens is 490 g/mol. The first-order valence-corrected chi connectivity index (χ1v) is 13.6. The zero-order valence-electron chi connectivity index (χ0n) is 21.0. The molecule has 0 fully saturated rings. The van der Waals surface area contributed by atoms with E-state index in [4.69, 9.17) is 16.3 Å². The third-order valence-electron chi connectivity index (χ3n) is 5.87. The van der Waals surface area contributed by atoms with Crippen LogP contribution in [0.2, 0.25) is 5.02 Å². The number of amides is 2. The number of hydrogen-bond acceptors (Lipinski definition) is 5. The largest absolute Gasteiger partial charge is 0.495 e. The zero-order chi connectivity index (χ0) is 26.3. The van der Waals surface area contributed by atoms with Gasteiger partial charge in [-0.1, -0.05) is 42.8 Å². The van der Waals surface area contributed by atoms with Crippen LogP contribution in [0, 0.1) is 6.92 Å². The number of hydrogen-bond donors (Lipinski definition) is 1. The highest BCUT2D eigenvalue weighted by Gasteiger charge is 2.31. The van der Waals surface area contributed by atoms with Crippen LogP contribution in [-0.2, 0) is 26.2 Å². The first-order chi connectivity index (χ1) is 16.4. The number of aryl methyl sites for hydroxylation is 1. The van der Waals surface area contributed by atoms with Gasteiger partial charge in [0, 0.05) is 12.6 Å². The van der Waals surface area contributed by atoms with E-state index in [2.05, 4.69) is 5.32 Å². The van der Waals surface area contributed by atoms with E-state index in [1.165, 1.54) is 30.2 Å². The number of ether oxygens (including phenoxy) is 1. The molecule has 0 aliphatic carbocycles. The number of nitrogens with zero attached hydrogens (tertiary/aromatic N) is 2. The summed E-state index contributed by atoms with van der Waals surface area (Å²) in [6.45, 7) is 7.07. The molecule has 2 rings (SSSR count). The minimum atomic E-state index is -3.85. The van der Waals surface area contributed by atoms with Gasteiger partial charge in [-0.25, -0.2) is 8.42 Å². The number of carbonyl (C=O) groups excluding carboxylic acids is 2. The molecule has 2 aromatic carbocycles. The smallest absolute Gasteiger partial charge is 0.244 e. The number of halogens is 1. The Labute approximate surface area is 213 Å². The van der Waals surface area contributed by atoms with E-state index in [0.717, 1.165) is 28.1 Å². The fourth-order valence-corrected chi connectivity index (χ4v) is 4.54. The van der Waals surface area contributed by atoms with Crippen molar-refractivity contribution in [2.24, 2.45) is 0 Å². The lowest BCUT2D eigenvalue weighted by molar-refractivity contribution is -0.139. The molecule has 8 nitrogen and oxygen atoms in total. The first kappa shape index (κ1) is 28.5. The Morgan fingerprint density at radius 2 is 1.80 bits per heavy atom. The van der Waals surface area contributed by atoms with Crippen molar-refractivity contribution in [2.45, 2.75) is 52.7 Å². The molecule has 0 saturated heterocycles. The van der Waals surface area contributed by atoms with Crippen LogP contribution in [0.4, 0.5) is 5.69 Å². The molecule has 0 bridgehead atoms. The Kier molecular flexibility index (Phi) is 9.97. The van der Waals surface area contributed by atoms with Crippen LogP contribution >= 0.6 is 11.6 Å². The number of sulfonamides is 1. The predicted molar refractivity (Wildman–Crippen MR) is 139 cm³/mol. The molecule has 2 atom stereocenters. The second-order valence-electron chi connectivity index (χ2n) is 8.53. The maximum absolute atomic E-state index is 13.6. The third-order valence-corrected chi connectivity index (χ3v) is 7.31. The molecule has 0 radical (unpaired) electrons. The topological polar surface area (TPSA) is 96.0 Å². The van der Waals surface area contributed by atoms with Gasteiger partial charge in [0.25, 0.3) is 0 Å². The summed E-state index contributed by atoms with van der Waals surface area (Å²) in [5.41, 5.74) is 2.04. The van der Waals surface area contributed by atoms with Crippen molar-refractivity contribution < 1.29 is 22.7 Å². The highest BCUT2D eigenvalue weighted by Crippen LogP contribution is 2.30. The summed E-state index contributed by atoms with van der Waals surface area (Å²) in [5, 5.41) is 3.12. The predicted octanol–water partition coefficient (Wildman–Crippen LogP) is 3.76. The standard InChI is InChI=1S/C25H34ClN3O5S/c1-7-18(3)27-25(31)19(4)28(15-20-11-9-8-10-17(20)2)24(30)16-29(35(6,32)33)21-12-13-23(34-5)22(26)14-21/h8-14,18-19H,7,15-16H2,1-6H3,(H,27,31)/t18-,19+/m0/s1. The molecule has 2 amide bonds. The van der Waals surface area contributed by atoms with Crippen LogP contribution in [0.15, 0.2) is 42.5 Å². The van der Waals surface area contributed by atoms with Crippen LogP contribution in [0.1, 0.15) is 38.3 Å². The van der Waals surface area contributed by atoms with E-state index < -0.39 is 28.5 Å². The van der Waals surface area contributed by atoms with Gasteiger partial charge < -0.3 is 15.0 Å². The van der Waals surface area contributed by atoms with Gasteiger partial charge in [-0.05, 0) is 56.5 Å². The molecule has 0 aliphatic heterocycles. The van der Waals surface area contributed by atoms with E-state index in [9.17, 15) is 18.0 Å². The molecule has 0 aliphatic rings. The van der Waals surface area contributed by atoms with Gasteiger partial charge >= 0.3 is 0 Å². The van der Waals surface area contributed by atoms with Crippen LogP contribution in [0.5, 0.6) is 5.75 Å². The number of rotatable bonds is 11. The summed E-state index contributed by atoms with van der Waals surface area (Å²) in [6, 6.07) is 11.2. The average Bonchev–Trinajstić information content (AvgIpc) is 2.80. The molecule has 0 heterocycles. The fourth-order valence-electron chi connectivity index (χ4n) is 3.44. The second kappa shape index (κ2) is 12.3. The SMILES string of the molecule is CC[C@H](C)NC(=O)[C@@H](C)N(Cc1ccccc1C)C(=O)CN(c1ccc(OC)c(Cl)c1)S(C)(=O)=O. The Bertz CT molecular complexity index is 1160. The zero-order valence-corrected chi connectivity index (χ0v) is 22.6. The number of benzene rings is 2. The monoisotopic (exact) mass is 523 g/mol. The summed E-state index contributed by atoms with van der Waals surface area (Å²) >= 11 is 6.21. The van der Waals surface area contributed by atoms with Crippen molar-refractivity contribution >= 4 is 39.1 Å². The lowest BCUT2D eigenvalue weighted by atomic mass is 10.1. The molecular formula is C25H34ClN3O5S. The normalized spacial score (nSPS) is 13.0. The molecule has 0 unspecified atom stereocenters. The lowest BCUT2D eigenvalue weighted by Gasteiger charge is -2.32. The summed E-state index contributed by atoms with van der Waals surface area (Å²) < 4.78 is 31.4. The van der Waals surface area contributed by atoms with Crippen LogP contribution in [-0.4, -0.2) is 57.1 Å². The summed E-state index contributed by atoms with van der Waals surface area (Å²) in [6.07, 6.45) is 1.76. The van der Waals surface area contributed by atoms with Crippen LogP contribution in [0.3, 0.4) is 0 Å². The van der Waals surface area contributed by atoms with E-state index in [0.29, 0.717) is 5.75 Å². The lowest BCUT2D eigenvalue weighted by Crippen LogP contribution is -2.52. The van der Waals surface area contributed by atoms with Gasteiger partial charge in [-0.15, -0.1) is 0 Å². The van der Waals surface area contributed by atoms with E-state index in [-0.39, 0.29) is 29.2 Å². The Morgan fingerprint density at radius 3 is 2.34 bits per heavy atom. The number of anilines is 1. The maximum atomic E-state index is 13.6. The van der Waals surface area contributed by atoms with E-state index >= 15 is 0 Å². The fraction of sp³-hybridized carbons (Fsp3) is 0.440. The highest BCUT2D eigenvalue weighted by atomic mass is 35.5. The van der Waals surface area contributed by atoms with Crippen molar-refractivity contribution in [1.82, 2.24) is 10.2 Å². The Balaban J connectivity index is 2.43. The van der Waals surface area contributed by atoms with Crippen molar-refractivity contribution in [1.29, 1.82) is 0 Å². The molecule has 0 saturated carbocycles. The van der Waals surface area contributed by atoms with Gasteiger partial charge in [0.05, 0.1) is 24.1 Å². The average molecular weight is 524 g/mol. The van der Waals surface area contributed by atoms with Crippen molar-refractivity contribution in [2.75, 3.05) is 24.2 Å². The minimum absolute atomic E-state index is 0.0608. The van der Waals surface area contributed by atoms with Gasteiger partial charge in [0.1, 0.15) is 18.3 Å². The van der Waals surface area contributed by atoms with Crippen molar-refractivity contribution in [3.05, 3.63) is 58.6 Å². The van der Waals surface area contributed by atoms with Gasteiger partial charge in [-0.3, -0.25) is 13.9 Å². The first-order valence-electron chi connectivity index (χ1n) is 11.3. The molecule has 0 spiro atoms. The highest BCUT2D eigenvalue weighted by molar-refractivity contribution is 7.92. The summed E-state index contributed by atoms with van der Waals surface area (Å²) in [5.74, 6) is -0.441. The number of carbonyl (C=O) groups is 2. The van der Waals surface area contributed by atoms with Crippen LogP contribution < -0.4 is 14.4 Å². The molecule has 2 aromatic rings. The molecule has 35 heavy (non-hydrogen) atoms. The Morgan fingerprint density at radius 1 is 1.14 bits per heavy atom. The van der Waals surface area contributed by atoms with Crippen molar-refractivity contribution in [3.8, 4) is 5.75 Å². The van der Waals surface area contributed by atoms with Crippen LogP contribution in [0.25, 0.3) is 0 Å². The number of nitrogens with one attached hydrogen (secondary N) is 1. The molecule has 192 valence electrons. The van der Waals surface area contributed by atoms with Crippen molar-refractivity contribution in [3.63, 3.8) is 0 Å². The summed E-state index contributed by atoms with van der Waals surface area (Å²) in [7, 11) is -2.39. The molecule has 0 aromatic heterocycles. The third kappa shape index (κ3) is 7.60. The van der Waals surface area contributed by atoms with Gasteiger partial charge in [0.15, 0.2) is 0 Å². The maximum Gasteiger partial charge on any atom is 0.244 e.